The van der Waals surface area contributed by atoms with Crippen LogP contribution in [0.5, 0.6) is 0 Å². The molecule has 0 unspecified atom stereocenters. The average molecular weight is 400 g/mol. The van der Waals surface area contributed by atoms with Crippen LogP contribution in [0.2, 0.25) is 0 Å². The quantitative estimate of drug-likeness (QED) is 0.403. The second-order valence-electron chi connectivity index (χ2n) is 5.86. The molecule has 0 aliphatic heterocycles. The number of nitrogens with one attached hydrogen (secondary N) is 2. The van der Waals surface area contributed by atoms with E-state index in [2.05, 4.69) is 10.3 Å². The van der Waals surface area contributed by atoms with Crippen molar-refractivity contribution in [2.24, 2.45) is 0 Å². The number of aromatic amines is 1. The standard InChI is InChI=1S/C18H19F3N2O5/c1-3-27-15(25)17(23-10-24,16(26)28-4-2)8-11-9-22-14-7-12(18(19,20)21)5-6-13(11)14/h5-7,9-10,22H,3-4,8H2,1-2H3,(H,23,24). The summed E-state index contributed by atoms with van der Waals surface area (Å²) in [6.45, 7) is 2.95. The van der Waals surface area contributed by atoms with Crippen molar-refractivity contribution in [2.75, 3.05) is 13.2 Å². The molecule has 0 fully saturated rings. The number of rotatable bonds is 8. The van der Waals surface area contributed by atoms with Gasteiger partial charge in [0.15, 0.2) is 0 Å². The molecule has 152 valence electrons. The first kappa shape index (κ1) is 21.3. The van der Waals surface area contributed by atoms with Gasteiger partial charge in [0.1, 0.15) is 0 Å². The predicted molar refractivity (Wildman–Crippen MR) is 92.2 cm³/mol. The Hall–Kier alpha value is -3.04. The molecule has 7 nitrogen and oxygen atoms in total. The molecule has 0 spiro atoms. The van der Waals surface area contributed by atoms with Gasteiger partial charge in [-0.05, 0) is 31.5 Å². The summed E-state index contributed by atoms with van der Waals surface area (Å²) in [7, 11) is 0. The Bertz CT molecular complexity index is 858. The van der Waals surface area contributed by atoms with Gasteiger partial charge < -0.3 is 19.8 Å². The number of H-pyrrole nitrogens is 1. The van der Waals surface area contributed by atoms with Crippen molar-refractivity contribution in [1.29, 1.82) is 0 Å². The number of hydrogen-bond donors (Lipinski definition) is 2. The van der Waals surface area contributed by atoms with Gasteiger partial charge in [-0.15, -0.1) is 0 Å². The first-order valence-electron chi connectivity index (χ1n) is 8.42. The summed E-state index contributed by atoms with van der Waals surface area (Å²) in [5, 5.41) is 2.54. The molecule has 1 amide bonds. The van der Waals surface area contributed by atoms with Gasteiger partial charge >= 0.3 is 18.1 Å². The topological polar surface area (TPSA) is 97.5 Å². The second kappa shape index (κ2) is 8.32. The van der Waals surface area contributed by atoms with E-state index in [-0.39, 0.29) is 31.6 Å². The molecule has 2 aromatic rings. The molecule has 0 saturated heterocycles. The third kappa shape index (κ3) is 4.10. The largest absolute Gasteiger partial charge is 0.464 e. The van der Waals surface area contributed by atoms with Gasteiger partial charge in [-0.1, -0.05) is 6.07 Å². The van der Waals surface area contributed by atoms with Gasteiger partial charge in [0.2, 0.25) is 11.9 Å². The highest BCUT2D eigenvalue weighted by atomic mass is 19.4. The maximum atomic E-state index is 12.9. The highest BCUT2D eigenvalue weighted by molar-refractivity contribution is 6.07. The van der Waals surface area contributed by atoms with Crippen LogP contribution in [-0.4, -0.2) is 42.1 Å². The number of halogens is 3. The molecule has 1 aromatic heterocycles. The Morgan fingerprint density at radius 3 is 2.25 bits per heavy atom. The summed E-state index contributed by atoms with van der Waals surface area (Å²) in [5.74, 6) is -2.05. The summed E-state index contributed by atoms with van der Waals surface area (Å²) in [6, 6.07) is 3.04. The summed E-state index contributed by atoms with van der Waals surface area (Å²) >= 11 is 0. The Labute approximate surface area is 158 Å². The van der Waals surface area contributed by atoms with E-state index in [1.54, 1.807) is 0 Å². The van der Waals surface area contributed by atoms with Gasteiger partial charge in [-0.3, -0.25) is 4.79 Å². The molecule has 0 atom stereocenters. The first-order valence-corrected chi connectivity index (χ1v) is 8.42. The van der Waals surface area contributed by atoms with Crippen molar-refractivity contribution in [3.63, 3.8) is 0 Å². The lowest BCUT2D eigenvalue weighted by Gasteiger charge is -2.28. The van der Waals surface area contributed by atoms with Gasteiger partial charge in [0.25, 0.3) is 0 Å². The van der Waals surface area contributed by atoms with Crippen molar-refractivity contribution in [1.82, 2.24) is 10.3 Å². The summed E-state index contributed by atoms with van der Waals surface area (Å²) < 4.78 is 48.5. The third-order valence-electron chi connectivity index (χ3n) is 4.10. The molecular formula is C18H19F3N2O5. The normalized spacial score (nSPS) is 11.9. The summed E-state index contributed by atoms with van der Waals surface area (Å²) in [4.78, 5) is 38.8. The fraction of sp³-hybridized carbons (Fsp3) is 0.389. The number of hydrogen-bond acceptors (Lipinski definition) is 5. The van der Waals surface area contributed by atoms with E-state index in [0.717, 1.165) is 12.1 Å². The number of carbonyl (C=O) groups excluding carboxylic acids is 3. The first-order chi connectivity index (χ1) is 13.2. The Morgan fingerprint density at radius 1 is 1.14 bits per heavy atom. The van der Waals surface area contributed by atoms with Crippen molar-refractivity contribution < 1.29 is 37.0 Å². The molecule has 2 N–H and O–H groups in total. The lowest BCUT2D eigenvalue weighted by Crippen LogP contribution is -2.60. The number of esters is 2. The van der Waals surface area contributed by atoms with Crippen LogP contribution in [0.4, 0.5) is 13.2 Å². The molecule has 0 bridgehead atoms. The highest BCUT2D eigenvalue weighted by Gasteiger charge is 2.49. The number of benzene rings is 1. The van der Waals surface area contributed by atoms with E-state index in [1.807, 2.05) is 0 Å². The molecule has 0 saturated carbocycles. The van der Waals surface area contributed by atoms with Gasteiger partial charge in [0, 0.05) is 23.5 Å². The fourth-order valence-electron chi connectivity index (χ4n) is 2.80. The van der Waals surface area contributed by atoms with Gasteiger partial charge in [-0.25, -0.2) is 9.59 Å². The van der Waals surface area contributed by atoms with Crippen LogP contribution in [0.25, 0.3) is 10.9 Å². The second-order valence-corrected chi connectivity index (χ2v) is 5.86. The van der Waals surface area contributed by atoms with Gasteiger partial charge in [-0.2, -0.15) is 13.2 Å². The zero-order chi connectivity index (χ0) is 20.9. The maximum Gasteiger partial charge on any atom is 0.416 e. The van der Waals surface area contributed by atoms with Crippen molar-refractivity contribution in [2.45, 2.75) is 32.0 Å². The average Bonchev–Trinajstić information content (AvgIpc) is 3.03. The minimum Gasteiger partial charge on any atom is -0.464 e. The van der Waals surface area contributed by atoms with Crippen LogP contribution in [0.3, 0.4) is 0 Å². The Balaban J connectivity index is 2.52. The lowest BCUT2D eigenvalue weighted by molar-refractivity contribution is -0.167. The van der Waals surface area contributed by atoms with Crippen LogP contribution in [0, 0.1) is 0 Å². The monoisotopic (exact) mass is 400 g/mol. The highest BCUT2D eigenvalue weighted by Crippen LogP contribution is 2.33. The number of fused-ring (bicyclic) bond motifs is 1. The Kier molecular flexibility index (Phi) is 6.32. The number of aromatic nitrogens is 1. The zero-order valence-corrected chi connectivity index (χ0v) is 15.2. The number of ether oxygens (including phenoxy) is 2. The SMILES string of the molecule is CCOC(=O)C(Cc1c[nH]c2cc(C(F)(F)F)ccc12)(NC=O)C(=O)OCC. The number of amides is 1. The van der Waals surface area contributed by atoms with E-state index >= 15 is 0 Å². The van der Waals surface area contributed by atoms with E-state index < -0.39 is 29.2 Å². The van der Waals surface area contributed by atoms with Crippen LogP contribution < -0.4 is 5.32 Å². The van der Waals surface area contributed by atoms with E-state index in [9.17, 15) is 27.6 Å². The van der Waals surface area contributed by atoms with E-state index in [1.165, 1.54) is 26.1 Å². The fourth-order valence-corrected chi connectivity index (χ4v) is 2.80. The van der Waals surface area contributed by atoms with E-state index in [4.69, 9.17) is 9.47 Å². The lowest BCUT2D eigenvalue weighted by atomic mass is 9.90. The molecule has 28 heavy (non-hydrogen) atoms. The van der Waals surface area contributed by atoms with Crippen LogP contribution in [0.15, 0.2) is 24.4 Å². The van der Waals surface area contributed by atoms with Crippen molar-refractivity contribution in [3.05, 3.63) is 35.5 Å². The molecule has 0 aliphatic carbocycles. The van der Waals surface area contributed by atoms with Crippen LogP contribution in [-0.2, 0) is 36.5 Å². The minimum absolute atomic E-state index is 0.0522. The maximum absolute atomic E-state index is 12.9. The van der Waals surface area contributed by atoms with Gasteiger partial charge in [0.05, 0.1) is 18.8 Å². The van der Waals surface area contributed by atoms with Crippen LogP contribution >= 0.6 is 0 Å². The predicted octanol–water partition coefficient (Wildman–Crippen LogP) is 2.34. The summed E-state index contributed by atoms with van der Waals surface area (Å²) in [5.41, 5.74) is -2.51. The smallest absolute Gasteiger partial charge is 0.416 e. The molecule has 1 aromatic carbocycles. The number of carbonyl (C=O) groups is 3. The molecule has 2 rings (SSSR count). The molecule has 0 aliphatic rings. The molecule has 10 heteroatoms. The molecule has 1 heterocycles. The van der Waals surface area contributed by atoms with Crippen molar-refractivity contribution >= 4 is 29.3 Å². The van der Waals surface area contributed by atoms with Crippen LogP contribution in [0.1, 0.15) is 25.0 Å². The minimum atomic E-state index is -4.52. The van der Waals surface area contributed by atoms with Crippen molar-refractivity contribution in [3.8, 4) is 0 Å². The van der Waals surface area contributed by atoms with E-state index in [0.29, 0.717) is 10.9 Å². The number of alkyl halides is 3. The molecular weight excluding hydrogens is 381 g/mol. The Morgan fingerprint density at radius 2 is 1.75 bits per heavy atom. The molecule has 0 radical (unpaired) electrons. The summed E-state index contributed by atoms with van der Waals surface area (Å²) in [6.07, 6.45) is -3.35. The third-order valence-corrected chi connectivity index (χ3v) is 4.10. The zero-order valence-electron chi connectivity index (χ0n) is 15.2.